The fourth-order valence-corrected chi connectivity index (χ4v) is 4.20. The van der Waals surface area contributed by atoms with Crippen LogP contribution >= 0.6 is 0 Å². The second kappa shape index (κ2) is 9.13. The molecule has 2 unspecified atom stereocenters. The fraction of sp³-hybridized carbons (Fsp3) is 0.600. The van der Waals surface area contributed by atoms with Crippen molar-refractivity contribution in [3.8, 4) is 0 Å². The molecule has 1 aliphatic rings. The van der Waals surface area contributed by atoms with E-state index in [2.05, 4.69) is 0 Å². The Morgan fingerprint density at radius 2 is 1.83 bits per heavy atom. The van der Waals surface area contributed by atoms with Gasteiger partial charge >= 0.3 is 6.18 Å². The van der Waals surface area contributed by atoms with Crippen LogP contribution in [-0.2, 0) is 16.0 Å². The predicted octanol–water partition coefficient (Wildman–Crippen LogP) is 1.67. The fourth-order valence-electron chi connectivity index (χ4n) is 4.20. The van der Waals surface area contributed by atoms with Crippen LogP contribution in [0.15, 0.2) is 30.3 Å². The third kappa shape index (κ3) is 5.70. The number of rotatable bonds is 8. The van der Waals surface area contributed by atoms with Gasteiger partial charge in [0.05, 0.1) is 29.5 Å². The predicted molar refractivity (Wildman–Crippen MR) is 99.1 cm³/mol. The third-order valence-electron chi connectivity index (χ3n) is 5.89. The zero-order valence-electron chi connectivity index (χ0n) is 15.9. The topological polar surface area (TPSA) is 127 Å². The molecule has 29 heavy (non-hydrogen) atoms. The summed E-state index contributed by atoms with van der Waals surface area (Å²) in [5.41, 5.74) is 9.52. The van der Waals surface area contributed by atoms with Crippen molar-refractivity contribution in [2.75, 3.05) is 0 Å². The summed E-state index contributed by atoms with van der Waals surface area (Å²) >= 11 is 0. The molecule has 2 rings (SSSR count). The molecule has 0 spiro atoms. The Bertz CT molecular complexity index is 713. The van der Waals surface area contributed by atoms with E-state index in [1.165, 1.54) is 0 Å². The van der Waals surface area contributed by atoms with Crippen LogP contribution in [0.4, 0.5) is 13.2 Å². The van der Waals surface area contributed by atoms with E-state index in [1.54, 1.807) is 0 Å². The molecule has 1 aromatic carbocycles. The highest BCUT2D eigenvalue weighted by Gasteiger charge is 2.56. The van der Waals surface area contributed by atoms with E-state index in [0.29, 0.717) is 6.42 Å². The van der Waals surface area contributed by atoms with Crippen molar-refractivity contribution in [3.63, 3.8) is 0 Å². The largest absolute Gasteiger partial charge is 0.393 e. The smallest absolute Gasteiger partial charge is 0.391 e. The van der Waals surface area contributed by atoms with Gasteiger partial charge in [0.25, 0.3) is 0 Å². The lowest BCUT2D eigenvalue weighted by atomic mass is 9.63. The summed E-state index contributed by atoms with van der Waals surface area (Å²) in [4.78, 5) is 23.9. The zero-order valence-corrected chi connectivity index (χ0v) is 15.9. The number of alkyl halides is 3. The first kappa shape index (κ1) is 23.2. The Morgan fingerprint density at radius 1 is 1.21 bits per heavy atom. The van der Waals surface area contributed by atoms with Crippen LogP contribution in [0.25, 0.3) is 0 Å². The number of aryl methyl sites for hydroxylation is 1. The number of aliphatic hydroxyl groups excluding tert-OH is 1. The van der Waals surface area contributed by atoms with Gasteiger partial charge < -0.3 is 21.7 Å². The van der Waals surface area contributed by atoms with Crippen LogP contribution in [0.5, 0.6) is 0 Å². The van der Waals surface area contributed by atoms with Crippen LogP contribution in [0.2, 0.25) is 0 Å². The second-order valence-corrected chi connectivity index (χ2v) is 7.83. The van der Waals surface area contributed by atoms with E-state index in [1.807, 2.05) is 30.3 Å². The average Bonchev–Trinajstić information content (AvgIpc) is 2.64. The minimum Gasteiger partial charge on any atom is -0.393 e. The quantitative estimate of drug-likeness (QED) is 0.514. The molecule has 1 aliphatic carbocycles. The van der Waals surface area contributed by atoms with Gasteiger partial charge in [0.1, 0.15) is 0 Å². The zero-order chi connectivity index (χ0) is 21.8. The highest BCUT2D eigenvalue weighted by Crippen LogP contribution is 2.48. The van der Waals surface area contributed by atoms with E-state index in [9.17, 15) is 33.0 Å². The highest BCUT2D eigenvalue weighted by atomic mass is 19.4. The van der Waals surface area contributed by atoms with Crippen molar-refractivity contribution in [1.29, 1.82) is 0 Å². The number of hydrogen-bond acceptors (Lipinski definition) is 4. The lowest BCUT2D eigenvalue weighted by molar-refractivity contribution is -0.209. The number of primary amides is 2. The summed E-state index contributed by atoms with van der Waals surface area (Å²) in [6.45, 7) is 0. The SMILES string of the molecule is NC(=O)C1CC(C(F)(F)F)CC[C@@]1(O)[C@H](C[C@@H](O)CCc1ccccc1)C(N)=O. The van der Waals surface area contributed by atoms with Crippen LogP contribution in [0.1, 0.15) is 37.7 Å². The summed E-state index contributed by atoms with van der Waals surface area (Å²) in [7, 11) is 0. The number of nitrogens with two attached hydrogens (primary N) is 2. The molecule has 0 radical (unpaired) electrons. The van der Waals surface area contributed by atoms with Crippen molar-refractivity contribution in [2.45, 2.75) is 56.4 Å². The summed E-state index contributed by atoms with van der Waals surface area (Å²) in [5, 5.41) is 21.4. The summed E-state index contributed by atoms with van der Waals surface area (Å²) in [6, 6.07) is 9.26. The molecule has 0 saturated heterocycles. The van der Waals surface area contributed by atoms with Crippen molar-refractivity contribution < 1.29 is 33.0 Å². The third-order valence-corrected chi connectivity index (χ3v) is 5.89. The lowest BCUT2D eigenvalue weighted by Crippen LogP contribution is -2.58. The molecule has 0 aromatic heterocycles. The van der Waals surface area contributed by atoms with Gasteiger partial charge in [0, 0.05) is 0 Å². The number of benzene rings is 1. The summed E-state index contributed by atoms with van der Waals surface area (Å²) in [6.07, 6.45) is -6.69. The Kier molecular flexibility index (Phi) is 7.29. The molecule has 0 bridgehead atoms. The minimum atomic E-state index is -4.54. The first-order chi connectivity index (χ1) is 13.4. The highest BCUT2D eigenvalue weighted by molar-refractivity contribution is 5.82. The van der Waals surface area contributed by atoms with Crippen LogP contribution in [0, 0.1) is 17.8 Å². The molecule has 6 nitrogen and oxygen atoms in total. The molecular formula is C20H27F3N2O4. The number of aliphatic hydroxyl groups is 2. The number of carbonyl (C=O) groups is 2. The van der Waals surface area contributed by atoms with Gasteiger partial charge in [-0.1, -0.05) is 30.3 Å². The van der Waals surface area contributed by atoms with Crippen LogP contribution < -0.4 is 11.5 Å². The van der Waals surface area contributed by atoms with Gasteiger partial charge in [-0.05, 0) is 44.1 Å². The lowest BCUT2D eigenvalue weighted by Gasteiger charge is -2.45. The van der Waals surface area contributed by atoms with E-state index >= 15 is 0 Å². The molecule has 5 atom stereocenters. The number of amides is 2. The minimum absolute atomic E-state index is 0.260. The Hall–Kier alpha value is -2.13. The summed E-state index contributed by atoms with van der Waals surface area (Å²) in [5.74, 6) is -6.87. The maximum absolute atomic E-state index is 13.1. The van der Waals surface area contributed by atoms with Gasteiger partial charge in [-0.15, -0.1) is 0 Å². The van der Waals surface area contributed by atoms with Gasteiger partial charge in [-0.3, -0.25) is 9.59 Å². The second-order valence-electron chi connectivity index (χ2n) is 7.83. The molecule has 1 saturated carbocycles. The Balaban J connectivity index is 2.14. The first-order valence-electron chi connectivity index (χ1n) is 9.55. The number of hydrogen-bond donors (Lipinski definition) is 4. The van der Waals surface area contributed by atoms with Crippen LogP contribution in [-0.4, -0.2) is 39.9 Å². The van der Waals surface area contributed by atoms with Crippen molar-refractivity contribution in [3.05, 3.63) is 35.9 Å². The maximum atomic E-state index is 13.1. The maximum Gasteiger partial charge on any atom is 0.391 e. The normalized spacial score (nSPS) is 27.2. The Morgan fingerprint density at radius 3 is 2.34 bits per heavy atom. The van der Waals surface area contributed by atoms with Crippen LogP contribution in [0.3, 0.4) is 0 Å². The average molecular weight is 416 g/mol. The number of halogens is 3. The van der Waals surface area contributed by atoms with E-state index in [4.69, 9.17) is 11.5 Å². The summed E-state index contributed by atoms with van der Waals surface area (Å²) < 4.78 is 39.3. The molecule has 6 N–H and O–H groups in total. The molecule has 2 amide bonds. The van der Waals surface area contributed by atoms with Gasteiger partial charge in [0.15, 0.2) is 0 Å². The van der Waals surface area contributed by atoms with Crippen molar-refractivity contribution in [2.24, 2.45) is 29.2 Å². The standard InChI is InChI=1S/C20H27F3N2O4/c21-20(22,23)13-8-9-19(29,15(10-13)17(24)27)16(18(25)28)11-14(26)7-6-12-4-2-1-3-5-12/h1-5,13-16,26,29H,6-11H2,(H2,24,27)(H2,25,28)/t13?,14-,15?,16+,19-/m0/s1. The van der Waals surface area contributed by atoms with Gasteiger partial charge in [-0.25, -0.2) is 0 Å². The number of carbonyl (C=O) groups excluding carboxylic acids is 2. The van der Waals surface area contributed by atoms with Gasteiger partial charge in [-0.2, -0.15) is 13.2 Å². The van der Waals surface area contributed by atoms with E-state index in [0.717, 1.165) is 5.56 Å². The molecule has 162 valence electrons. The molecule has 1 aromatic rings. The first-order valence-corrected chi connectivity index (χ1v) is 9.55. The van der Waals surface area contributed by atoms with E-state index in [-0.39, 0.29) is 12.8 Å². The Labute approximate surface area is 167 Å². The van der Waals surface area contributed by atoms with Gasteiger partial charge in [0.2, 0.25) is 11.8 Å². The molecule has 1 fully saturated rings. The van der Waals surface area contributed by atoms with Crippen molar-refractivity contribution in [1.82, 2.24) is 0 Å². The molecule has 0 aliphatic heterocycles. The van der Waals surface area contributed by atoms with Crippen molar-refractivity contribution >= 4 is 11.8 Å². The van der Waals surface area contributed by atoms with E-state index < -0.39 is 66.7 Å². The molecule has 0 heterocycles. The molecule has 9 heteroatoms. The monoisotopic (exact) mass is 416 g/mol. The molecular weight excluding hydrogens is 389 g/mol.